The Morgan fingerprint density at radius 3 is 2.38 bits per heavy atom. The molecule has 1 aliphatic rings. The molecule has 78 valence electrons. The van der Waals surface area contributed by atoms with E-state index in [2.05, 4.69) is 19.2 Å². The summed E-state index contributed by atoms with van der Waals surface area (Å²) in [6, 6.07) is 0. The average molecular weight is 183 g/mol. The lowest BCUT2D eigenvalue weighted by Gasteiger charge is -2.42. The highest BCUT2D eigenvalue weighted by Gasteiger charge is 2.35. The van der Waals surface area contributed by atoms with Gasteiger partial charge in [0.25, 0.3) is 0 Å². The first kappa shape index (κ1) is 11.0. The van der Waals surface area contributed by atoms with Gasteiger partial charge in [-0.1, -0.05) is 33.1 Å². The molecule has 0 heterocycles. The van der Waals surface area contributed by atoms with Crippen LogP contribution in [-0.2, 0) is 0 Å². The van der Waals surface area contributed by atoms with Crippen molar-refractivity contribution in [2.45, 2.75) is 58.8 Å². The van der Waals surface area contributed by atoms with E-state index in [9.17, 15) is 0 Å². The van der Waals surface area contributed by atoms with Crippen molar-refractivity contribution in [2.24, 2.45) is 5.41 Å². The predicted molar refractivity (Wildman–Crippen MR) is 59.0 cm³/mol. The minimum atomic E-state index is 0.713. The Morgan fingerprint density at radius 2 is 1.92 bits per heavy atom. The van der Waals surface area contributed by atoms with Crippen LogP contribution in [-0.4, -0.2) is 13.1 Å². The quantitative estimate of drug-likeness (QED) is 0.597. The maximum atomic E-state index is 3.59. The largest absolute Gasteiger partial charge is 0.316 e. The highest BCUT2D eigenvalue weighted by Crippen LogP contribution is 2.44. The first-order valence-corrected chi connectivity index (χ1v) is 6.04. The molecule has 1 nitrogen and oxygen atoms in total. The Balaban J connectivity index is 2.15. The predicted octanol–water partition coefficient (Wildman–Crippen LogP) is 3.35. The normalized spacial score (nSPS) is 19.8. The third kappa shape index (κ3) is 3.30. The van der Waals surface area contributed by atoms with E-state index >= 15 is 0 Å². The third-order valence-electron chi connectivity index (χ3n) is 3.40. The van der Waals surface area contributed by atoms with E-state index in [1.54, 1.807) is 0 Å². The zero-order valence-electron chi connectivity index (χ0n) is 9.36. The van der Waals surface area contributed by atoms with Crippen LogP contribution >= 0.6 is 0 Å². The number of unbranched alkanes of at least 4 members (excludes halogenated alkanes) is 1. The van der Waals surface area contributed by atoms with Crippen molar-refractivity contribution in [3.05, 3.63) is 0 Å². The maximum Gasteiger partial charge on any atom is 0.000780 e. The summed E-state index contributed by atoms with van der Waals surface area (Å²) in [5.41, 5.74) is 0.713. The van der Waals surface area contributed by atoms with Crippen LogP contribution in [0.1, 0.15) is 58.8 Å². The van der Waals surface area contributed by atoms with E-state index in [0.717, 1.165) is 0 Å². The van der Waals surface area contributed by atoms with Gasteiger partial charge in [0, 0.05) is 6.54 Å². The number of rotatable bonds is 7. The first-order chi connectivity index (χ1) is 6.33. The standard InChI is InChI=1S/C12H25N/c1-3-5-7-12(8-6-9-12)11-13-10-4-2/h13H,3-11H2,1-2H3. The molecule has 0 aromatic carbocycles. The molecule has 1 fully saturated rings. The van der Waals surface area contributed by atoms with Crippen LogP contribution < -0.4 is 5.32 Å². The molecule has 1 saturated carbocycles. The van der Waals surface area contributed by atoms with Crippen LogP contribution in [0.5, 0.6) is 0 Å². The molecule has 0 aromatic heterocycles. The lowest BCUT2D eigenvalue weighted by Crippen LogP contribution is -2.40. The molecule has 0 atom stereocenters. The molecular weight excluding hydrogens is 158 g/mol. The summed E-state index contributed by atoms with van der Waals surface area (Å²) in [7, 11) is 0. The molecule has 1 rings (SSSR count). The van der Waals surface area contributed by atoms with Gasteiger partial charge < -0.3 is 5.32 Å². The molecule has 0 bridgehead atoms. The van der Waals surface area contributed by atoms with Gasteiger partial charge in [-0.25, -0.2) is 0 Å². The molecule has 1 aliphatic carbocycles. The Bertz CT molecular complexity index is 127. The second-order valence-corrected chi connectivity index (χ2v) is 4.63. The van der Waals surface area contributed by atoms with Crippen molar-refractivity contribution < 1.29 is 0 Å². The van der Waals surface area contributed by atoms with E-state index in [1.165, 1.54) is 58.0 Å². The second-order valence-electron chi connectivity index (χ2n) is 4.63. The molecule has 0 spiro atoms. The molecule has 0 aliphatic heterocycles. The molecular formula is C12H25N. The van der Waals surface area contributed by atoms with Gasteiger partial charge >= 0.3 is 0 Å². The smallest absolute Gasteiger partial charge is 0.000780 e. The third-order valence-corrected chi connectivity index (χ3v) is 3.40. The van der Waals surface area contributed by atoms with Gasteiger partial charge in [-0.2, -0.15) is 0 Å². The molecule has 0 saturated heterocycles. The number of hydrogen-bond acceptors (Lipinski definition) is 1. The molecule has 1 N–H and O–H groups in total. The van der Waals surface area contributed by atoms with Gasteiger partial charge in [0.1, 0.15) is 0 Å². The summed E-state index contributed by atoms with van der Waals surface area (Å²) < 4.78 is 0. The fourth-order valence-corrected chi connectivity index (χ4v) is 2.27. The van der Waals surface area contributed by atoms with Crippen molar-refractivity contribution in [1.82, 2.24) is 5.32 Å². The lowest BCUT2D eigenvalue weighted by molar-refractivity contribution is 0.113. The SMILES string of the molecule is CCCCC1(CNCCC)CCC1. The summed E-state index contributed by atoms with van der Waals surface area (Å²) in [5, 5.41) is 3.59. The highest BCUT2D eigenvalue weighted by molar-refractivity contribution is 4.89. The summed E-state index contributed by atoms with van der Waals surface area (Å²) in [6.45, 7) is 7.02. The summed E-state index contributed by atoms with van der Waals surface area (Å²) in [4.78, 5) is 0. The van der Waals surface area contributed by atoms with Gasteiger partial charge in [0.15, 0.2) is 0 Å². The van der Waals surface area contributed by atoms with Crippen molar-refractivity contribution in [2.75, 3.05) is 13.1 Å². The van der Waals surface area contributed by atoms with E-state index in [-0.39, 0.29) is 0 Å². The van der Waals surface area contributed by atoms with Gasteiger partial charge in [-0.15, -0.1) is 0 Å². The van der Waals surface area contributed by atoms with Crippen LogP contribution in [0.4, 0.5) is 0 Å². The van der Waals surface area contributed by atoms with E-state index in [1.807, 2.05) is 0 Å². The molecule has 0 radical (unpaired) electrons. The van der Waals surface area contributed by atoms with Crippen LogP contribution in [0.25, 0.3) is 0 Å². The molecule has 0 amide bonds. The minimum absolute atomic E-state index is 0.713. The summed E-state index contributed by atoms with van der Waals surface area (Å²) >= 11 is 0. The molecule has 0 unspecified atom stereocenters. The number of hydrogen-bond donors (Lipinski definition) is 1. The van der Waals surface area contributed by atoms with E-state index < -0.39 is 0 Å². The molecule has 1 heteroatoms. The van der Waals surface area contributed by atoms with E-state index in [0.29, 0.717) is 5.41 Å². The minimum Gasteiger partial charge on any atom is -0.316 e. The first-order valence-electron chi connectivity index (χ1n) is 6.04. The fourth-order valence-electron chi connectivity index (χ4n) is 2.27. The van der Waals surface area contributed by atoms with E-state index in [4.69, 9.17) is 0 Å². The van der Waals surface area contributed by atoms with Gasteiger partial charge in [0.2, 0.25) is 0 Å². The average Bonchev–Trinajstić information content (AvgIpc) is 2.08. The summed E-state index contributed by atoms with van der Waals surface area (Å²) in [6.07, 6.45) is 9.93. The van der Waals surface area contributed by atoms with Crippen molar-refractivity contribution in [3.63, 3.8) is 0 Å². The maximum absolute atomic E-state index is 3.59. The Labute approximate surface area is 83.3 Å². The van der Waals surface area contributed by atoms with Gasteiger partial charge in [-0.05, 0) is 37.6 Å². The van der Waals surface area contributed by atoms with Gasteiger partial charge in [-0.3, -0.25) is 0 Å². The second kappa shape index (κ2) is 5.64. The Kier molecular flexibility index (Phi) is 4.79. The van der Waals surface area contributed by atoms with Crippen molar-refractivity contribution >= 4 is 0 Å². The highest BCUT2D eigenvalue weighted by atomic mass is 14.9. The Hall–Kier alpha value is -0.0400. The number of nitrogens with one attached hydrogen (secondary N) is 1. The van der Waals surface area contributed by atoms with Crippen molar-refractivity contribution in [1.29, 1.82) is 0 Å². The zero-order valence-corrected chi connectivity index (χ0v) is 9.36. The Morgan fingerprint density at radius 1 is 1.15 bits per heavy atom. The zero-order chi connectivity index (χ0) is 9.57. The molecule has 13 heavy (non-hydrogen) atoms. The monoisotopic (exact) mass is 183 g/mol. The molecule has 0 aromatic rings. The van der Waals surface area contributed by atoms with Crippen LogP contribution in [0, 0.1) is 5.41 Å². The van der Waals surface area contributed by atoms with Crippen LogP contribution in [0.15, 0.2) is 0 Å². The topological polar surface area (TPSA) is 12.0 Å². The summed E-state index contributed by atoms with van der Waals surface area (Å²) in [5.74, 6) is 0. The van der Waals surface area contributed by atoms with Gasteiger partial charge in [0.05, 0.1) is 0 Å². The lowest BCUT2D eigenvalue weighted by atomic mass is 9.66. The van der Waals surface area contributed by atoms with Crippen LogP contribution in [0.3, 0.4) is 0 Å². The van der Waals surface area contributed by atoms with Crippen molar-refractivity contribution in [3.8, 4) is 0 Å². The van der Waals surface area contributed by atoms with Crippen LogP contribution in [0.2, 0.25) is 0 Å². The fraction of sp³-hybridized carbons (Fsp3) is 1.00.